The summed E-state index contributed by atoms with van der Waals surface area (Å²) in [7, 11) is 0. The van der Waals surface area contributed by atoms with Crippen molar-refractivity contribution >= 4 is 33.3 Å². The van der Waals surface area contributed by atoms with Crippen LogP contribution >= 0.6 is 11.3 Å². The molecule has 1 aliphatic heterocycles. The van der Waals surface area contributed by atoms with Gasteiger partial charge in [0.1, 0.15) is 17.0 Å². The minimum atomic E-state index is 0.210. The second-order valence-corrected chi connectivity index (χ2v) is 9.73. The van der Waals surface area contributed by atoms with Gasteiger partial charge in [0.15, 0.2) is 0 Å². The van der Waals surface area contributed by atoms with Crippen molar-refractivity contribution in [1.29, 1.82) is 0 Å². The lowest BCUT2D eigenvalue weighted by Crippen LogP contribution is -2.47. The molecule has 0 spiro atoms. The van der Waals surface area contributed by atoms with Crippen molar-refractivity contribution in [3.63, 3.8) is 0 Å². The summed E-state index contributed by atoms with van der Waals surface area (Å²) in [5.74, 6) is 2.11. The van der Waals surface area contributed by atoms with Gasteiger partial charge in [-0.3, -0.25) is 9.69 Å². The van der Waals surface area contributed by atoms with Gasteiger partial charge >= 0.3 is 0 Å². The monoisotopic (exact) mass is 399 g/mol. The average molecular weight is 400 g/mol. The van der Waals surface area contributed by atoms with Crippen molar-refractivity contribution in [3.05, 3.63) is 16.8 Å². The summed E-state index contributed by atoms with van der Waals surface area (Å²) in [5, 5.41) is 4.40. The molecule has 2 aromatic heterocycles. The molecule has 2 aliphatic carbocycles. The lowest BCUT2D eigenvalue weighted by Gasteiger charge is -2.35. The number of fused-ring (bicyclic) bond motifs is 3. The van der Waals surface area contributed by atoms with Gasteiger partial charge in [0, 0.05) is 50.1 Å². The van der Waals surface area contributed by atoms with Crippen LogP contribution in [0.2, 0.25) is 0 Å². The fraction of sp³-hybridized carbons (Fsp3) is 0.667. The molecule has 1 atom stereocenters. The number of amides is 1. The van der Waals surface area contributed by atoms with Crippen LogP contribution in [0.4, 0.5) is 5.82 Å². The molecule has 1 saturated heterocycles. The van der Waals surface area contributed by atoms with Crippen LogP contribution in [0.15, 0.2) is 6.33 Å². The lowest BCUT2D eigenvalue weighted by atomic mass is 9.89. The highest BCUT2D eigenvalue weighted by molar-refractivity contribution is 7.19. The van der Waals surface area contributed by atoms with E-state index in [4.69, 9.17) is 4.98 Å². The molecule has 5 rings (SSSR count). The van der Waals surface area contributed by atoms with E-state index in [0.29, 0.717) is 12.5 Å². The molecule has 1 saturated carbocycles. The minimum Gasteiger partial charge on any atom is -0.353 e. The molecule has 3 aliphatic rings. The Labute approximate surface area is 170 Å². The summed E-state index contributed by atoms with van der Waals surface area (Å²) in [4.78, 5) is 28.7. The molecule has 3 heterocycles. The Morgan fingerprint density at radius 3 is 2.82 bits per heavy atom. The number of hydrogen-bond acceptors (Lipinski definition) is 6. The predicted molar refractivity (Wildman–Crippen MR) is 113 cm³/mol. The maximum Gasteiger partial charge on any atom is 0.221 e. The minimum absolute atomic E-state index is 0.210. The van der Waals surface area contributed by atoms with E-state index in [1.54, 1.807) is 6.33 Å². The Hall–Kier alpha value is -1.73. The Bertz CT molecular complexity index is 869. The van der Waals surface area contributed by atoms with Gasteiger partial charge in [-0.05, 0) is 43.6 Å². The fourth-order valence-electron chi connectivity index (χ4n) is 4.47. The SMILES string of the molecule is CC1CCc2c(sc3ncnc(N4CCN(CCC(=O)NC5CC5)CC4)c23)C1. The van der Waals surface area contributed by atoms with Gasteiger partial charge < -0.3 is 10.2 Å². The number of piperazine rings is 1. The van der Waals surface area contributed by atoms with Crippen molar-refractivity contribution in [1.82, 2.24) is 20.2 Å². The molecule has 1 N–H and O–H groups in total. The van der Waals surface area contributed by atoms with Crippen molar-refractivity contribution in [2.45, 2.75) is 51.5 Å². The second kappa shape index (κ2) is 7.59. The molecule has 7 heteroatoms. The number of nitrogens with zero attached hydrogens (tertiary/aromatic N) is 4. The molecule has 0 aromatic carbocycles. The molecule has 0 bridgehead atoms. The number of aromatic nitrogens is 2. The largest absolute Gasteiger partial charge is 0.353 e. The van der Waals surface area contributed by atoms with Crippen molar-refractivity contribution in [2.75, 3.05) is 37.6 Å². The zero-order valence-electron chi connectivity index (χ0n) is 16.6. The summed E-state index contributed by atoms with van der Waals surface area (Å²) >= 11 is 1.87. The number of rotatable bonds is 5. The van der Waals surface area contributed by atoms with E-state index < -0.39 is 0 Å². The van der Waals surface area contributed by atoms with E-state index in [-0.39, 0.29) is 5.91 Å². The van der Waals surface area contributed by atoms with Gasteiger partial charge in [0.05, 0.1) is 5.39 Å². The standard InChI is InChI=1S/C21H29N5OS/c1-14-2-5-16-17(12-14)28-21-19(16)20(22-13-23-21)26-10-8-25(9-11-26)7-6-18(27)24-15-3-4-15/h13-15H,2-12H2,1H3,(H,24,27). The quantitative estimate of drug-likeness (QED) is 0.837. The van der Waals surface area contributed by atoms with Crippen LogP contribution in [-0.2, 0) is 17.6 Å². The van der Waals surface area contributed by atoms with Crippen LogP contribution in [0.3, 0.4) is 0 Å². The van der Waals surface area contributed by atoms with Crippen molar-refractivity contribution < 1.29 is 4.79 Å². The van der Waals surface area contributed by atoms with Gasteiger partial charge in [-0.2, -0.15) is 0 Å². The van der Waals surface area contributed by atoms with Crippen LogP contribution in [0.1, 0.15) is 43.0 Å². The molecule has 28 heavy (non-hydrogen) atoms. The average Bonchev–Trinajstić information content (AvgIpc) is 3.43. The normalized spacial score (nSPS) is 23.0. The van der Waals surface area contributed by atoms with Gasteiger partial charge in [-0.1, -0.05) is 6.92 Å². The van der Waals surface area contributed by atoms with E-state index in [1.165, 1.54) is 28.7 Å². The third kappa shape index (κ3) is 3.74. The fourth-order valence-corrected chi connectivity index (χ4v) is 5.81. The van der Waals surface area contributed by atoms with Crippen LogP contribution in [0, 0.1) is 5.92 Å². The Balaban J connectivity index is 1.25. The van der Waals surface area contributed by atoms with E-state index in [2.05, 4.69) is 27.0 Å². The molecule has 0 radical (unpaired) electrons. The Morgan fingerprint density at radius 1 is 1.21 bits per heavy atom. The highest BCUT2D eigenvalue weighted by Crippen LogP contribution is 2.40. The molecular weight excluding hydrogens is 370 g/mol. The number of thiophene rings is 1. The maximum atomic E-state index is 11.9. The van der Waals surface area contributed by atoms with Gasteiger partial charge in [-0.25, -0.2) is 9.97 Å². The Kier molecular flexibility index (Phi) is 4.97. The van der Waals surface area contributed by atoms with E-state index in [9.17, 15) is 4.79 Å². The van der Waals surface area contributed by atoms with E-state index >= 15 is 0 Å². The number of nitrogens with one attached hydrogen (secondary N) is 1. The van der Waals surface area contributed by atoms with E-state index in [1.807, 2.05) is 11.3 Å². The maximum absolute atomic E-state index is 11.9. The van der Waals surface area contributed by atoms with Crippen LogP contribution in [0.25, 0.3) is 10.2 Å². The smallest absolute Gasteiger partial charge is 0.221 e. The number of carbonyl (C=O) groups is 1. The summed E-state index contributed by atoms with van der Waals surface area (Å²) < 4.78 is 0. The van der Waals surface area contributed by atoms with Gasteiger partial charge in [0.2, 0.25) is 5.91 Å². The first-order valence-corrected chi connectivity index (χ1v) is 11.5. The summed E-state index contributed by atoms with van der Waals surface area (Å²) in [5.41, 5.74) is 1.51. The van der Waals surface area contributed by atoms with Crippen molar-refractivity contribution in [3.8, 4) is 0 Å². The number of aryl methyl sites for hydroxylation is 1. The zero-order chi connectivity index (χ0) is 19.1. The second-order valence-electron chi connectivity index (χ2n) is 8.65. The van der Waals surface area contributed by atoms with Gasteiger partial charge in [-0.15, -0.1) is 11.3 Å². The zero-order valence-corrected chi connectivity index (χ0v) is 17.4. The molecule has 1 unspecified atom stereocenters. The summed E-state index contributed by atoms with van der Waals surface area (Å²) in [6, 6.07) is 0.462. The highest BCUT2D eigenvalue weighted by atomic mass is 32.1. The molecule has 150 valence electrons. The first kappa shape index (κ1) is 18.3. The number of hydrogen-bond donors (Lipinski definition) is 1. The summed E-state index contributed by atoms with van der Waals surface area (Å²) in [6.45, 7) is 7.13. The predicted octanol–water partition coefficient (Wildman–Crippen LogP) is 2.61. The first-order chi connectivity index (χ1) is 13.7. The first-order valence-electron chi connectivity index (χ1n) is 10.7. The van der Waals surface area contributed by atoms with E-state index in [0.717, 1.165) is 68.6 Å². The van der Waals surface area contributed by atoms with Crippen LogP contribution in [0.5, 0.6) is 0 Å². The molecule has 2 aromatic rings. The molecule has 2 fully saturated rings. The van der Waals surface area contributed by atoms with Crippen LogP contribution in [-0.4, -0.2) is 59.5 Å². The molecular formula is C21H29N5OS. The lowest BCUT2D eigenvalue weighted by molar-refractivity contribution is -0.121. The van der Waals surface area contributed by atoms with Crippen LogP contribution < -0.4 is 10.2 Å². The number of anilines is 1. The van der Waals surface area contributed by atoms with Crippen molar-refractivity contribution in [2.24, 2.45) is 5.92 Å². The molecule has 1 amide bonds. The highest BCUT2D eigenvalue weighted by Gasteiger charge is 2.27. The number of carbonyl (C=O) groups excluding carboxylic acids is 1. The third-order valence-corrected chi connectivity index (χ3v) is 7.50. The topological polar surface area (TPSA) is 61.4 Å². The third-order valence-electron chi connectivity index (χ3n) is 6.34. The molecule has 6 nitrogen and oxygen atoms in total. The summed E-state index contributed by atoms with van der Waals surface area (Å²) in [6.07, 6.45) is 8.28. The Morgan fingerprint density at radius 2 is 2.04 bits per heavy atom. The van der Waals surface area contributed by atoms with Gasteiger partial charge in [0.25, 0.3) is 0 Å².